The molecule has 0 spiro atoms. The maximum absolute atomic E-state index is 13.8. The predicted octanol–water partition coefficient (Wildman–Crippen LogP) is 5.22. The Balaban J connectivity index is 1.32. The maximum Gasteiger partial charge on any atom is 0.451 e. The fourth-order valence-electron chi connectivity index (χ4n) is 5.25. The van der Waals surface area contributed by atoms with Gasteiger partial charge < -0.3 is 14.4 Å². The van der Waals surface area contributed by atoms with Crippen molar-refractivity contribution in [1.82, 2.24) is 24.6 Å². The lowest BCUT2D eigenvalue weighted by Crippen LogP contribution is -2.49. The zero-order chi connectivity index (χ0) is 26.7. The second kappa shape index (κ2) is 9.17. The van der Waals surface area contributed by atoms with Crippen LogP contribution in [0.1, 0.15) is 37.5 Å². The van der Waals surface area contributed by atoms with Gasteiger partial charge in [0.25, 0.3) is 5.92 Å². The molecule has 0 radical (unpaired) electrons. The molecule has 2 unspecified atom stereocenters. The molecular weight excluding hydrogens is 563 g/mol. The van der Waals surface area contributed by atoms with E-state index < -0.39 is 17.9 Å². The minimum absolute atomic E-state index is 0.00904. The van der Waals surface area contributed by atoms with Crippen LogP contribution in [0, 0.1) is 11.8 Å². The van der Waals surface area contributed by atoms with Gasteiger partial charge in [0.15, 0.2) is 5.82 Å². The number of nitrogens with zero attached hydrogens (tertiary/aromatic N) is 6. The smallest absolute Gasteiger partial charge is 0.370 e. The van der Waals surface area contributed by atoms with E-state index in [0.717, 1.165) is 27.0 Å². The van der Waals surface area contributed by atoms with Crippen molar-refractivity contribution in [2.24, 2.45) is 11.8 Å². The first kappa shape index (κ1) is 25.8. The van der Waals surface area contributed by atoms with Crippen molar-refractivity contribution in [1.29, 1.82) is 0 Å². The number of halogens is 6. The number of carbonyl (C=O) groups is 1. The third-order valence-electron chi connectivity index (χ3n) is 7.16. The van der Waals surface area contributed by atoms with Crippen molar-refractivity contribution in [2.45, 2.75) is 45.5 Å². The minimum Gasteiger partial charge on any atom is -0.370 e. The zero-order valence-corrected chi connectivity index (χ0v) is 21.7. The Labute approximate surface area is 217 Å². The molecule has 1 aromatic carbocycles. The van der Waals surface area contributed by atoms with Gasteiger partial charge in [-0.25, -0.2) is 8.78 Å². The van der Waals surface area contributed by atoms with Gasteiger partial charge in [0.2, 0.25) is 11.7 Å². The number of alkyl halides is 5. The van der Waals surface area contributed by atoms with E-state index in [9.17, 15) is 26.7 Å². The SMILES string of the molecule is CC1CN(c2c(Br)cnc3cc(C(C)(F)F)ccc23)CCC1C(=O)N1CCn2c(nnc2C(F)(F)F)C1. The van der Waals surface area contributed by atoms with Gasteiger partial charge in [0.1, 0.15) is 0 Å². The summed E-state index contributed by atoms with van der Waals surface area (Å²) in [6.45, 7) is 4.04. The quantitative estimate of drug-likeness (QED) is 0.393. The first-order valence-corrected chi connectivity index (χ1v) is 12.6. The number of hydrogen-bond acceptors (Lipinski definition) is 5. The van der Waals surface area contributed by atoms with Gasteiger partial charge in [-0.1, -0.05) is 19.1 Å². The summed E-state index contributed by atoms with van der Waals surface area (Å²) < 4.78 is 68.8. The van der Waals surface area contributed by atoms with Crippen LogP contribution in [0.4, 0.5) is 27.6 Å². The standard InChI is InChI=1S/C24H24BrF5N6O/c1-13-11-34(20-16-4-3-14(23(2,26)27)9-18(16)31-10-17(20)25)6-5-15(13)21(37)35-7-8-36-19(12-35)32-33-22(36)24(28,29)30/h3-4,9-10,13,15H,5-8,11-12H2,1-2H3. The highest BCUT2D eigenvalue weighted by atomic mass is 79.9. The largest absolute Gasteiger partial charge is 0.451 e. The van der Waals surface area contributed by atoms with Crippen LogP contribution in [-0.4, -0.2) is 50.2 Å². The summed E-state index contributed by atoms with van der Waals surface area (Å²) in [5, 5.41) is 7.67. The van der Waals surface area contributed by atoms with E-state index in [1.165, 1.54) is 12.1 Å². The molecule has 7 nitrogen and oxygen atoms in total. The van der Waals surface area contributed by atoms with Crippen molar-refractivity contribution in [2.75, 3.05) is 24.5 Å². The molecular formula is C24H24BrF5N6O. The Morgan fingerprint density at radius 2 is 1.86 bits per heavy atom. The van der Waals surface area contributed by atoms with Gasteiger partial charge >= 0.3 is 6.18 Å². The number of aromatic nitrogens is 4. The average Bonchev–Trinajstić information content (AvgIpc) is 3.26. The van der Waals surface area contributed by atoms with E-state index in [-0.39, 0.29) is 48.8 Å². The first-order valence-electron chi connectivity index (χ1n) is 11.8. The van der Waals surface area contributed by atoms with Crippen molar-refractivity contribution in [3.05, 3.63) is 46.1 Å². The van der Waals surface area contributed by atoms with Gasteiger partial charge in [-0.2, -0.15) is 13.2 Å². The second-order valence-electron chi connectivity index (χ2n) is 9.74. The number of piperidine rings is 1. The molecule has 2 aliphatic rings. The lowest BCUT2D eigenvalue weighted by molar-refractivity contribution is -0.148. The molecule has 0 saturated carbocycles. The lowest BCUT2D eigenvalue weighted by Gasteiger charge is -2.40. The fourth-order valence-corrected chi connectivity index (χ4v) is 5.82. The second-order valence-corrected chi connectivity index (χ2v) is 10.6. The summed E-state index contributed by atoms with van der Waals surface area (Å²) in [6, 6.07) is 4.44. The Kier molecular flexibility index (Phi) is 6.40. The summed E-state index contributed by atoms with van der Waals surface area (Å²) in [5.74, 6) is -4.36. The topological polar surface area (TPSA) is 67.2 Å². The number of carbonyl (C=O) groups excluding carboxylic acids is 1. The molecule has 198 valence electrons. The molecule has 3 aromatic rings. The highest BCUT2D eigenvalue weighted by Gasteiger charge is 2.41. The van der Waals surface area contributed by atoms with Crippen LogP contribution in [0.15, 0.2) is 28.9 Å². The number of pyridine rings is 1. The number of amides is 1. The number of anilines is 1. The molecule has 5 rings (SSSR count). The Bertz CT molecular complexity index is 1350. The van der Waals surface area contributed by atoms with E-state index in [1.54, 1.807) is 17.2 Å². The van der Waals surface area contributed by atoms with E-state index in [1.807, 2.05) is 6.92 Å². The van der Waals surface area contributed by atoms with E-state index in [4.69, 9.17) is 0 Å². The van der Waals surface area contributed by atoms with E-state index in [0.29, 0.717) is 25.0 Å². The summed E-state index contributed by atoms with van der Waals surface area (Å²) in [5.41, 5.74) is 1.18. The highest BCUT2D eigenvalue weighted by molar-refractivity contribution is 9.10. The van der Waals surface area contributed by atoms with Gasteiger partial charge in [-0.3, -0.25) is 9.78 Å². The summed E-state index contributed by atoms with van der Waals surface area (Å²) in [4.78, 5) is 21.4. The lowest BCUT2D eigenvalue weighted by atomic mass is 9.85. The Morgan fingerprint density at radius 1 is 1.11 bits per heavy atom. The third kappa shape index (κ3) is 4.77. The van der Waals surface area contributed by atoms with Gasteiger partial charge in [0, 0.05) is 56.2 Å². The fraction of sp³-hybridized carbons (Fsp3) is 0.500. The third-order valence-corrected chi connectivity index (χ3v) is 7.74. The molecule has 1 saturated heterocycles. The van der Waals surface area contributed by atoms with Crippen LogP contribution in [-0.2, 0) is 30.0 Å². The molecule has 4 heterocycles. The van der Waals surface area contributed by atoms with Gasteiger partial charge in [-0.15, -0.1) is 10.2 Å². The number of hydrogen-bond donors (Lipinski definition) is 0. The highest BCUT2D eigenvalue weighted by Crippen LogP contribution is 2.39. The Morgan fingerprint density at radius 3 is 2.54 bits per heavy atom. The van der Waals surface area contributed by atoms with Crippen molar-refractivity contribution < 1.29 is 26.7 Å². The van der Waals surface area contributed by atoms with Crippen LogP contribution >= 0.6 is 15.9 Å². The molecule has 0 bridgehead atoms. The molecule has 1 fully saturated rings. The maximum atomic E-state index is 13.8. The van der Waals surface area contributed by atoms with Gasteiger partial charge in [-0.05, 0) is 34.3 Å². The molecule has 1 amide bonds. The normalized spacial score (nSPS) is 20.9. The average molecular weight is 587 g/mol. The number of rotatable bonds is 3. The van der Waals surface area contributed by atoms with Crippen LogP contribution < -0.4 is 4.90 Å². The summed E-state index contributed by atoms with van der Waals surface area (Å²) >= 11 is 3.55. The molecule has 2 aromatic heterocycles. The minimum atomic E-state index is -4.59. The summed E-state index contributed by atoms with van der Waals surface area (Å²) in [7, 11) is 0. The monoisotopic (exact) mass is 586 g/mol. The molecule has 13 heteroatoms. The van der Waals surface area contributed by atoms with Gasteiger partial charge in [0.05, 0.1) is 22.2 Å². The summed E-state index contributed by atoms with van der Waals surface area (Å²) in [6.07, 6.45) is -2.46. The Hall–Kier alpha value is -2.83. The first-order chi connectivity index (χ1) is 17.3. The number of benzene rings is 1. The number of fused-ring (bicyclic) bond motifs is 2. The van der Waals surface area contributed by atoms with E-state index >= 15 is 0 Å². The van der Waals surface area contributed by atoms with Crippen molar-refractivity contribution in [3.63, 3.8) is 0 Å². The molecule has 2 atom stereocenters. The van der Waals surface area contributed by atoms with Crippen LogP contribution in [0.2, 0.25) is 0 Å². The van der Waals surface area contributed by atoms with Crippen molar-refractivity contribution >= 4 is 38.4 Å². The van der Waals surface area contributed by atoms with Crippen LogP contribution in [0.3, 0.4) is 0 Å². The van der Waals surface area contributed by atoms with Crippen LogP contribution in [0.5, 0.6) is 0 Å². The van der Waals surface area contributed by atoms with Crippen molar-refractivity contribution in [3.8, 4) is 0 Å². The molecule has 37 heavy (non-hydrogen) atoms. The molecule has 2 aliphatic heterocycles. The predicted molar refractivity (Wildman–Crippen MR) is 129 cm³/mol. The molecule has 0 aliphatic carbocycles. The van der Waals surface area contributed by atoms with Crippen LogP contribution in [0.25, 0.3) is 10.9 Å². The zero-order valence-electron chi connectivity index (χ0n) is 20.1. The molecule has 0 N–H and O–H groups in total. The van der Waals surface area contributed by atoms with E-state index in [2.05, 4.69) is 36.0 Å².